The number of piperidine rings is 1. The predicted molar refractivity (Wildman–Crippen MR) is 130 cm³/mol. The number of hydrogen-bond acceptors (Lipinski definition) is 5. The van der Waals surface area contributed by atoms with Crippen molar-refractivity contribution in [2.75, 3.05) is 18.4 Å². The number of nitrogens with one attached hydrogen (secondary N) is 1. The average Bonchev–Trinajstić information content (AvgIpc) is 2.74. The summed E-state index contributed by atoms with van der Waals surface area (Å²) in [6.07, 6.45) is 2.75. The van der Waals surface area contributed by atoms with E-state index in [0.29, 0.717) is 18.7 Å². The third-order valence-corrected chi connectivity index (χ3v) is 6.57. The largest absolute Gasteiger partial charge is 0.388 e. The Bertz CT molecular complexity index is 1090. The van der Waals surface area contributed by atoms with E-state index in [2.05, 4.69) is 59.2 Å². The zero-order valence-electron chi connectivity index (χ0n) is 17.0. The van der Waals surface area contributed by atoms with Crippen LogP contribution in [0, 0.1) is 0 Å². The van der Waals surface area contributed by atoms with Crippen molar-refractivity contribution in [3.05, 3.63) is 85.8 Å². The molecule has 1 aliphatic heterocycles. The lowest BCUT2D eigenvalue weighted by Gasteiger charge is -2.38. The van der Waals surface area contributed by atoms with Crippen LogP contribution in [0.15, 0.2) is 74.7 Å². The van der Waals surface area contributed by atoms with Gasteiger partial charge in [0.05, 0.1) is 18.5 Å². The molecule has 0 unspecified atom stereocenters. The Hall–Kier alpha value is -2.00. The highest BCUT2D eigenvalue weighted by Crippen LogP contribution is 2.25. The zero-order valence-corrected chi connectivity index (χ0v) is 20.1. The van der Waals surface area contributed by atoms with Gasteiger partial charge in [-0.3, -0.25) is 14.3 Å². The van der Waals surface area contributed by atoms with Crippen molar-refractivity contribution in [2.24, 2.45) is 0 Å². The molecule has 0 atom stereocenters. The first-order valence-corrected chi connectivity index (χ1v) is 11.8. The first-order valence-electron chi connectivity index (χ1n) is 10.2. The highest BCUT2D eigenvalue weighted by molar-refractivity contribution is 9.10. The van der Waals surface area contributed by atoms with Crippen molar-refractivity contribution in [1.29, 1.82) is 0 Å². The summed E-state index contributed by atoms with van der Waals surface area (Å²) in [6, 6.07) is 17.4. The van der Waals surface area contributed by atoms with Crippen LogP contribution in [0.2, 0.25) is 0 Å². The van der Waals surface area contributed by atoms with Crippen LogP contribution in [0.5, 0.6) is 0 Å². The molecule has 1 fully saturated rings. The fourth-order valence-corrected chi connectivity index (χ4v) is 4.44. The third kappa shape index (κ3) is 6.04. The Morgan fingerprint density at radius 1 is 1.03 bits per heavy atom. The van der Waals surface area contributed by atoms with E-state index in [4.69, 9.17) is 0 Å². The fourth-order valence-electron chi connectivity index (χ4n) is 3.78. The lowest BCUT2D eigenvalue weighted by molar-refractivity contribution is -0.0365. The summed E-state index contributed by atoms with van der Waals surface area (Å²) in [6.45, 7) is 2.69. The molecule has 0 amide bonds. The molecule has 162 valence electrons. The van der Waals surface area contributed by atoms with E-state index in [1.54, 1.807) is 0 Å². The smallest absolute Gasteiger partial charge is 0.255 e. The van der Waals surface area contributed by atoms with Gasteiger partial charge in [-0.15, -0.1) is 0 Å². The van der Waals surface area contributed by atoms with Crippen molar-refractivity contribution < 1.29 is 5.11 Å². The van der Waals surface area contributed by atoms with Crippen molar-refractivity contribution in [3.63, 3.8) is 0 Å². The summed E-state index contributed by atoms with van der Waals surface area (Å²) in [5.74, 6) is 0.482. The molecular formula is C23H24Br2N4O2. The van der Waals surface area contributed by atoms with Crippen LogP contribution in [-0.4, -0.2) is 38.2 Å². The van der Waals surface area contributed by atoms with Gasteiger partial charge >= 0.3 is 0 Å². The van der Waals surface area contributed by atoms with Gasteiger partial charge in [-0.1, -0.05) is 50.1 Å². The summed E-state index contributed by atoms with van der Waals surface area (Å²) >= 11 is 6.89. The molecule has 3 aromatic rings. The summed E-state index contributed by atoms with van der Waals surface area (Å²) in [7, 11) is 0. The van der Waals surface area contributed by atoms with Crippen molar-refractivity contribution in [1.82, 2.24) is 14.5 Å². The molecule has 1 saturated heterocycles. The second kappa shape index (κ2) is 9.65. The quantitative estimate of drug-likeness (QED) is 0.474. The molecule has 0 radical (unpaired) electrons. The molecule has 4 rings (SSSR count). The lowest BCUT2D eigenvalue weighted by atomic mass is 9.91. The molecule has 8 heteroatoms. The van der Waals surface area contributed by atoms with Gasteiger partial charge in [-0.25, -0.2) is 4.98 Å². The highest BCUT2D eigenvalue weighted by atomic mass is 79.9. The summed E-state index contributed by atoms with van der Waals surface area (Å²) in [4.78, 5) is 19.3. The number of aromatic nitrogens is 2. The SMILES string of the molecule is O=c1cc(Nc2cccc(Br)c2)ncn1CC1(O)CCN(Cc2ccc(Br)cc2)CC1. The van der Waals surface area contributed by atoms with Gasteiger partial charge in [0.2, 0.25) is 0 Å². The highest BCUT2D eigenvalue weighted by Gasteiger charge is 2.33. The maximum atomic E-state index is 12.6. The standard InChI is InChI=1S/C23H24Br2N4O2/c24-18-6-4-17(5-7-18)14-28-10-8-23(31,9-11-28)15-29-16-26-21(13-22(29)30)27-20-3-1-2-19(25)12-20/h1-7,12-13,16,27,31H,8-11,14-15H2. The minimum absolute atomic E-state index is 0.182. The van der Waals surface area contributed by atoms with Gasteiger partial charge in [0, 0.05) is 40.3 Å². The topological polar surface area (TPSA) is 70.4 Å². The normalized spacial score (nSPS) is 16.2. The number of anilines is 2. The average molecular weight is 548 g/mol. The lowest BCUT2D eigenvalue weighted by Crippen LogP contribution is -2.47. The van der Waals surface area contributed by atoms with E-state index < -0.39 is 5.60 Å². The van der Waals surface area contributed by atoms with Crippen LogP contribution in [0.4, 0.5) is 11.5 Å². The van der Waals surface area contributed by atoms with Crippen LogP contribution in [-0.2, 0) is 13.1 Å². The van der Waals surface area contributed by atoms with E-state index in [0.717, 1.165) is 34.3 Å². The monoisotopic (exact) mass is 546 g/mol. The number of benzene rings is 2. The van der Waals surface area contributed by atoms with Crippen LogP contribution in [0.25, 0.3) is 0 Å². The molecule has 6 nitrogen and oxygen atoms in total. The Labute approximate surface area is 198 Å². The molecule has 31 heavy (non-hydrogen) atoms. The maximum Gasteiger partial charge on any atom is 0.255 e. The predicted octanol–water partition coefficient (Wildman–Crippen LogP) is 4.54. The maximum absolute atomic E-state index is 12.6. The minimum Gasteiger partial charge on any atom is -0.388 e. The molecule has 0 saturated carbocycles. The van der Waals surface area contributed by atoms with E-state index >= 15 is 0 Å². The van der Waals surface area contributed by atoms with Gasteiger partial charge in [-0.05, 0) is 48.7 Å². The second-order valence-electron chi connectivity index (χ2n) is 8.00. The van der Waals surface area contributed by atoms with Gasteiger partial charge in [-0.2, -0.15) is 0 Å². The summed E-state index contributed by atoms with van der Waals surface area (Å²) < 4.78 is 3.51. The molecular weight excluding hydrogens is 524 g/mol. The number of hydrogen-bond donors (Lipinski definition) is 2. The van der Waals surface area contributed by atoms with Gasteiger partial charge in [0.15, 0.2) is 0 Å². The first-order chi connectivity index (χ1) is 14.9. The molecule has 1 aliphatic rings. The molecule has 2 N–H and O–H groups in total. The molecule has 0 aliphatic carbocycles. The second-order valence-corrected chi connectivity index (χ2v) is 9.83. The van der Waals surface area contributed by atoms with Crippen LogP contribution in [0.3, 0.4) is 0 Å². The van der Waals surface area contributed by atoms with Crippen molar-refractivity contribution in [3.8, 4) is 0 Å². The fraction of sp³-hybridized carbons (Fsp3) is 0.304. The third-order valence-electron chi connectivity index (χ3n) is 5.55. The van der Waals surface area contributed by atoms with Gasteiger partial charge < -0.3 is 10.4 Å². The Kier molecular flexibility index (Phi) is 6.91. The van der Waals surface area contributed by atoms with Crippen molar-refractivity contribution >= 4 is 43.4 Å². The summed E-state index contributed by atoms with van der Waals surface area (Å²) in [5.41, 5.74) is 1.01. The molecule has 2 heterocycles. The number of halogens is 2. The molecule has 2 aromatic carbocycles. The van der Waals surface area contributed by atoms with Crippen molar-refractivity contribution in [2.45, 2.75) is 31.5 Å². The Morgan fingerprint density at radius 2 is 1.77 bits per heavy atom. The Morgan fingerprint density at radius 3 is 2.45 bits per heavy atom. The van der Waals surface area contributed by atoms with E-state index in [1.165, 1.54) is 22.5 Å². The number of nitrogens with zero attached hydrogens (tertiary/aromatic N) is 3. The number of aliphatic hydroxyl groups is 1. The number of likely N-dealkylation sites (tertiary alicyclic amines) is 1. The van der Waals surface area contributed by atoms with E-state index in [9.17, 15) is 9.90 Å². The molecule has 0 bridgehead atoms. The van der Waals surface area contributed by atoms with Gasteiger partial charge in [0.1, 0.15) is 5.82 Å². The Balaban J connectivity index is 1.35. The van der Waals surface area contributed by atoms with Crippen LogP contribution < -0.4 is 10.9 Å². The first kappa shape index (κ1) is 22.2. The summed E-state index contributed by atoms with van der Waals surface area (Å²) in [5, 5.41) is 14.2. The van der Waals surface area contributed by atoms with E-state index in [1.807, 2.05) is 36.4 Å². The molecule has 1 aromatic heterocycles. The van der Waals surface area contributed by atoms with Gasteiger partial charge in [0.25, 0.3) is 5.56 Å². The van der Waals surface area contributed by atoms with Crippen LogP contribution >= 0.6 is 31.9 Å². The van der Waals surface area contributed by atoms with E-state index in [-0.39, 0.29) is 12.1 Å². The zero-order chi connectivity index (χ0) is 21.8. The molecule has 0 spiro atoms. The minimum atomic E-state index is -0.902. The van der Waals surface area contributed by atoms with Crippen LogP contribution in [0.1, 0.15) is 18.4 Å². The number of rotatable bonds is 6.